The molecule has 1 aromatic heterocycles. The molecule has 0 aliphatic rings. The van der Waals surface area contributed by atoms with E-state index in [0.717, 1.165) is 0 Å². The predicted molar refractivity (Wildman–Crippen MR) is 42.4 cm³/mol. The third-order valence-electron chi connectivity index (χ3n) is 1.51. The summed E-state index contributed by atoms with van der Waals surface area (Å²) in [6, 6.07) is 1.21. The first-order valence-electron chi connectivity index (χ1n) is 3.56. The van der Waals surface area contributed by atoms with Crippen molar-refractivity contribution in [2.24, 2.45) is 12.8 Å². The van der Waals surface area contributed by atoms with Crippen LogP contribution in [0.2, 0.25) is 0 Å². The molecule has 1 aromatic rings. The number of aromatic nitrogens is 2. The van der Waals surface area contributed by atoms with Gasteiger partial charge < -0.3 is 10.8 Å². The molecule has 3 N–H and O–H groups in total. The van der Waals surface area contributed by atoms with Crippen LogP contribution in [0, 0.1) is 0 Å². The molecule has 0 bridgehead atoms. The van der Waals surface area contributed by atoms with Gasteiger partial charge in [-0.05, 0) is 6.07 Å². The van der Waals surface area contributed by atoms with E-state index in [1.54, 1.807) is 24.0 Å². The van der Waals surface area contributed by atoms with Gasteiger partial charge in [-0.3, -0.25) is 9.48 Å². The second kappa shape index (κ2) is 3.36. The van der Waals surface area contributed by atoms with E-state index in [9.17, 15) is 4.79 Å². The Labute approximate surface area is 69.8 Å². The second-order valence-electron chi connectivity index (χ2n) is 2.62. The van der Waals surface area contributed by atoms with Crippen LogP contribution >= 0.6 is 0 Å². The maximum Gasteiger partial charge on any atom is 0.305 e. The highest BCUT2D eigenvalue weighted by molar-refractivity contribution is 5.67. The summed E-state index contributed by atoms with van der Waals surface area (Å²) >= 11 is 0. The van der Waals surface area contributed by atoms with Crippen molar-refractivity contribution in [3.8, 4) is 0 Å². The summed E-state index contributed by atoms with van der Waals surface area (Å²) in [5.41, 5.74) is 6.16. The third-order valence-corrected chi connectivity index (χ3v) is 1.51. The van der Waals surface area contributed by atoms with Crippen LogP contribution in [0.1, 0.15) is 18.2 Å². The molecule has 1 rings (SSSR count). The number of carboxylic acids is 1. The summed E-state index contributed by atoms with van der Waals surface area (Å²) in [7, 11) is 1.76. The molecule has 0 aromatic carbocycles. The fourth-order valence-corrected chi connectivity index (χ4v) is 0.923. The molecule has 0 spiro atoms. The lowest BCUT2D eigenvalue weighted by Gasteiger charge is -2.03. The van der Waals surface area contributed by atoms with Gasteiger partial charge in [0.05, 0.1) is 18.2 Å². The van der Waals surface area contributed by atoms with Crippen molar-refractivity contribution >= 4 is 5.97 Å². The zero-order chi connectivity index (χ0) is 9.14. The highest BCUT2D eigenvalue weighted by atomic mass is 16.4. The van der Waals surface area contributed by atoms with Crippen LogP contribution in [0.15, 0.2) is 12.3 Å². The first-order chi connectivity index (χ1) is 5.59. The Balaban J connectivity index is 2.64. The van der Waals surface area contributed by atoms with E-state index < -0.39 is 12.0 Å². The van der Waals surface area contributed by atoms with Crippen LogP contribution in [-0.4, -0.2) is 20.9 Å². The van der Waals surface area contributed by atoms with Crippen molar-refractivity contribution in [1.29, 1.82) is 0 Å². The molecule has 0 fully saturated rings. The van der Waals surface area contributed by atoms with Crippen LogP contribution in [0.5, 0.6) is 0 Å². The number of hydrogen-bond donors (Lipinski definition) is 2. The van der Waals surface area contributed by atoms with E-state index in [0.29, 0.717) is 5.69 Å². The summed E-state index contributed by atoms with van der Waals surface area (Å²) < 4.78 is 1.59. The van der Waals surface area contributed by atoms with Crippen LogP contribution in [-0.2, 0) is 11.8 Å². The van der Waals surface area contributed by atoms with E-state index in [1.165, 1.54) is 0 Å². The van der Waals surface area contributed by atoms with Gasteiger partial charge in [0.15, 0.2) is 0 Å². The van der Waals surface area contributed by atoms with Gasteiger partial charge in [-0.25, -0.2) is 0 Å². The number of carboxylic acid groups (broad SMARTS) is 1. The Kier molecular flexibility index (Phi) is 2.44. The van der Waals surface area contributed by atoms with Crippen LogP contribution in [0.3, 0.4) is 0 Å². The highest BCUT2D eigenvalue weighted by Crippen LogP contribution is 2.09. The lowest BCUT2D eigenvalue weighted by molar-refractivity contribution is -0.137. The summed E-state index contributed by atoms with van der Waals surface area (Å²) in [4.78, 5) is 10.3. The van der Waals surface area contributed by atoms with Gasteiger partial charge in [0.1, 0.15) is 0 Å². The molecule has 0 aliphatic carbocycles. The van der Waals surface area contributed by atoms with Crippen molar-refractivity contribution in [1.82, 2.24) is 9.78 Å². The first-order valence-corrected chi connectivity index (χ1v) is 3.56. The van der Waals surface area contributed by atoms with Gasteiger partial charge in [0.25, 0.3) is 0 Å². The topological polar surface area (TPSA) is 81.1 Å². The molecule has 0 saturated heterocycles. The molecule has 5 heteroatoms. The van der Waals surface area contributed by atoms with Gasteiger partial charge >= 0.3 is 5.97 Å². The molecule has 1 atom stereocenters. The minimum absolute atomic E-state index is 0.0863. The smallest absolute Gasteiger partial charge is 0.305 e. The van der Waals surface area contributed by atoms with E-state index in [2.05, 4.69) is 5.10 Å². The molecule has 12 heavy (non-hydrogen) atoms. The third kappa shape index (κ3) is 2.06. The monoisotopic (exact) mass is 169 g/mol. The number of aliphatic carboxylic acids is 1. The molecule has 0 unspecified atom stereocenters. The van der Waals surface area contributed by atoms with Gasteiger partial charge in [-0.1, -0.05) is 0 Å². The van der Waals surface area contributed by atoms with Gasteiger partial charge in [-0.2, -0.15) is 5.10 Å². The Morgan fingerprint density at radius 1 is 1.92 bits per heavy atom. The standard InChI is InChI=1S/C7H11N3O2/c1-10-3-2-6(9-10)5(8)4-7(11)12/h2-3,5H,4,8H2,1H3,(H,11,12)/t5-/m0/s1. The lowest BCUT2D eigenvalue weighted by Crippen LogP contribution is -2.15. The SMILES string of the molecule is Cn1ccc([C@@H](N)CC(=O)O)n1. The van der Waals surface area contributed by atoms with E-state index in [-0.39, 0.29) is 6.42 Å². The van der Waals surface area contributed by atoms with E-state index in [1.807, 2.05) is 0 Å². The maximum absolute atomic E-state index is 10.3. The summed E-state index contributed by atoms with van der Waals surface area (Å²) in [5, 5.41) is 12.4. The van der Waals surface area contributed by atoms with Gasteiger partial charge in [0.2, 0.25) is 0 Å². The zero-order valence-electron chi connectivity index (χ0n) is 6.77. The lowest BCUT2D eigenvalue weighted by atomic mass is 10.1. The van der Waals surface area contributed by atoms with Gasteiger partial charge in [-0.15, -0.1) is 0 Å². The Morgan fingerprint density at radius 3 is 3.00 bits per heavy atom. The largest absolute Gasteiger partial charge is 0.481 e. The molecule has 0 radical (unpaired) electrons. The van der Waals surface area contributed by atoms with E-state index >= 15 is 0 Å². The fourth-order valence-electron chi connectivity index (χ4n) is 0.923. The molecular weight excluding hydrogens is 158 g/mol. The average Bonchev–Trinajstić information content (AvgIpc) is 2.34. The number of rotatable bonds is 3. The minimum Gasteiger partial charge on any atom is -0.481 e. The molecule has 1 heterocycles. The maximum atomic E-state index is 10.3. The quantitative estimate of drug-likeness (QED) is 0.661. The average molecular weight is 169 g/mol. The summed E-state index contributed by atoms with van der Waals surface area (Å²) in [5.74, 6) is -0.909. The zero-order valence-corrected chi connectivity index (χ0v) is 6.77. The van der Waals surface area contributed by atoms with E-state index in [4.69, 9.17) is 10.8 Å². The second-order valence-corrected chi connectivity index (χ2v) is 2.62. The number of nitrogens with two attached hydrogens (primary N) is 1. The molecular formula is C7H11N3O2. The van der Waals surface area contributed by atoms with Crippen molar-refractivity contribution in [3.63, 3.8) is 0 Å². The van der Waals surface area contributed by atoms with Crippen molar-refractivity contribution in [3.05, 3.63) is 18.0 Å². The Hall–Kier alpha value is -1.36. The number of hydrogen-bond acceptors (Lipinski definition) is 3. The Bertz CT molecular complexity index is 282. The van der Waals surface area contributed by atoms with Crippen molar-refractivity contribution in [2.75, 3.05) is 0 Å². The van der Waals surface area contributed by atoms with Crippen LogP contribution in [0.25, 0.3) is 0 Å². The highest BCUT2D eigenvalue weighted by Gasteiger charge is 2.12. The molecule has 66 valence electrons. The molecule has 0 saturated carbocycles. The Morgan fingerprint density at radius 2 is 2.58 bits per heavy atom. The van der Waals surface area contributed by atoms with Crippen LogP contribution in [0.4, 0.5) is 0 Å². The van der Waals surface area contributed by atoms with Crippen molar-refractivity contribution in [2.45, 2.75) is 12.5 Å². The summed E-state index contributed by atoms with van der Waals surface area (Å²) in [6.45, 7) is 0. The van der Waals surface area contributed by atoms with Crippen LogP contribution < -0.4 is 5.73 Å². The predicted octanol–water partition coefficient (Wildman–Crippen LogP) is -0.105. The molecule has 0 amide bonds. The molecule has 0 aliphatic heterocycles. The number of nitrogens with zero attached hydrogens (tertiary/aromatic N) is 2. The van der Waals surface area contributed by atoms with Gasteiger partial charge in [0, 0.05) is 13.2 Å². The fraction of sp³-hybridized carbons (Fsp3) is 0.429. The normalized spacial score (nSPS) is 12.8. The minimum atomic E-state index is -0.909. The summed E-state index contributed by atoms with van der Waals surface area (Å²) in [6.07, 6.45) is 1.65. The van der Waals surface area contributed by atoms with Crippen molar-refractivity contribution < 1.29 is 9.90 Å². The number of aryl methyl sites for hydroxylation is 1. The number of carbonyl (C=O) groups is 1. The molecule has 5 nitrogen and oxygen atoms in total. The first kappa shape index (κ1) is 8.73.